The summed E-state index contributed by atoms with van der Waals surface area (Å²) in [4.78, 5) is 37.9. The molecule has 356 valence electrons. The van der Waals surface area contributed by atoms with Gasteiger partial charge in [0, 0.05) is 60.6 Å². The number of amides is 1. The lowest BCUT2D eigenvalue weighted by molar-refractivity contribution is -0.384. The molecular formula is C52H60N8O7S. The second-order valence-corrected chi connectivity index (χ2v) is 22.6. The first kappa shape index (κ1) is 45.6. The highest BCUT2D eigenvalue weighted by atomic mass is 32.2. The molecule has 2 saturated carbocycles. The molecule has 5 aliphatic rings. The topological polar surface area (TPSA) is 196 Å². The van der Waals surface area contributed by atoms with Crippen molar-refractivity contribution in [2.24, 2.45) is 16.7 Å². The molecule has 3 N–H and O–H groups in total. The van der Waals surface area contributed by atoms with E-state index in [1.165, 1.54) is 49.1 Å². The summed E-state index contributed by atoms with van der Waals surface area (Å²) >= 11 is 0. The van der Waals surface area contributed by atoms with Gasteiger partial charge in [-0.25, -0.2) is 18.1 Å². The van der Waals surface area contributed by atoms with Gasteiger partial charge in [-0.1, -0.05) is 52.0 Å². The Morgan fingerprint density at radius 1 is 1.03 bits per heavy atom. The molecule has 5 aromatic rings. The largest absolute Gasteiger partial charge is 0.489 e. The number of pyridine rings is 1. The molecule has 10 rings (SSSR count). The molecule has 16 heteroatoms. The number of H-pyrrole nitrogens is 1. The lowest BCUT2D eigenvalue weighted by Crippen LogP contribution is -2.54. The number of sulfonamides is 1. The number of nitrogens with one attached hydrogen (secondary N) is 3. The Labute approximate surface area is 397 Å². The van der Waals surface area contributed by atoms with Crippen LogP contribution < -0.4 is 24.4 Å². The van der Waals surface area contributed by atoms with Crippen molar-refractivity contribution in [1.29, 1.82) is 5.26 Å². The van der Waals surface area contributed by atoms with Crippen molar-refractivity contribution in [3.8, 4) is 23.3 Å². The molecule has 3 aliphatic heterocycles. The van der Waals surface area contributed by atoms with E-state index in [1.807, 2.05) is 0 Å². The van der Waals surface area contributed by atoms with Crippen molar-refractivity contribution in [2.75, 3.05) is 36.5 Å². The third-order valence-corrected chi connectivity index (χ3v) is 17.1. The minimum Gasteiger partial charge on any atom is -0.489 e. The van der Waals surface area contributed by atoms with Crippen LogP contribution >= 0.6 is 0 Å². The molecule has 0 unspecified atom stereocenters. The van der Waals surface area contributed by atoms with E-state index in [2.05, 4.69) is 87.8 Å². The predicted molar refractivity (Wildman–Crippen MR) is 260 cm³/mol. The van der Waals surface area contributed by atoms with E-state index in [0.717, 1.165) is 69.9 Å². The lowest BCUT2D eigenvalue weighted by atomic mass is 9.59. The number of nitro groups is 1. The third-order valence-electron chi connectivity index (χ3n) is 15.8. The maximum absolute atomic E-state index is 14.2. The summed E-state index contributed by atoms with van der Waals surface area (Å²) in [6, 6.07) is 20.9. The number of nitrogens with zero attached hydrogens (tertiary/aromatic N) is 5. The summed E-state index contributed by atoms with van der Waals surface area (Å²) in [7, 11) is -4.67. The van der Waals surface area contributed by atoms with Crippen molar-refractivity contribution in [3.63, 3.8) is 0 Å². The van der Waals surface area contributed by atoms with E-state index in [1.54, 1.807) is 30.5 Å². The van der Waals surface area contributed by atoms with Crippen LogP contribution in [-0.2, 0) is 10.0 Å². The summed E-state index contributed by atoms with van der Waals surface area (Å²) in [6.45, 7) is 12.0. The molecule has 1 amide bonds. The molecule has 2 saturated heterocycles. The monoisotopic (exact) mass is 940 g/mol. The number of anilines is 2. The van der Waals surface area contributed by atoms with E-state index in [-0.39, 0.29) is 57.9 Å². The zero-order valence-corrected chi connectivity index (χ0v) is 40.0. The standard InChI is InChI=1S/C52H60N8O7S/c1-32(2)39-8-5-6-9-40(39)44-10-7-19-59(44)36-26-52(27-36)17-20-58(21-18-52)35-11-12-41(46(22-35)67-37-23-42-34(28-53)29-54-49(42)55-30-37)50(61)57-68(64,65)38-24-45(60(62)63)48-47(25-38)66-31-43(56-48)33-13-15-51(3,4)16-14-33/h5-6,8-9,11-12,22-25,29-30,32-33,36,43-44,56H,7,10,13-21,26-27,31H2,1-4H3,(H,54,55)(H,57,61)/t43-,44+/m1/s1. The third kappa shape index (κ3) is 8.75. The molecule has 0 radical (unpaired) electrons. The number of piperidine rings is 1. The minimum atomic E-state index is -4.67. The van der Waals surface area contributed by atoms with Gasteiger partial charge in [0.05, 0.1) is 33.2 Å². The average molecular weight is 941 g/mol. The van der Waals surface area contributed by atoms with Gasteiger partial charge in [0.2, 0.25) is 0 Å². The summed E-state index contributed by atoms with van der Waals surface area (Å²) in [5.41, 5.74) is 4.71. The first-order valence-corrected chi connectivity index (χ1v) is 25.7. The molecule has 2 aliphatic carbocycles. The summed E-state index contributed by atoms with van der Waals surface area (Å²) in [5, 5.41) is 26.0. The minimum absolute atomic E-state index is 0.0329. The summed E-state index contributed by atoms with van der Waals surface area (Å²) < 4.78 is 42.6. The number of aromatic amines is 1. The average Bonchev–Trinajstić information content (AvgIpc) is 3.97. The first-order chi connectivity index (χ1) is 32.6. The molecule has 4 fully saturated rings. The quantitative estimate of drug-likeness (QED) is 0.0839. The van der Waals surface area contributed by atoms with E-state index < -0.39 is 31.4 Å². The zero-order chi connectivity index (χ0) is 47.5. The van der Waals surface area contributed by atoms with Crippen molar-refractivity contribution in [2.45, 2.75) is 121 Å². The van der Waals surface area contributed by atoms with Gasteiger partial charge in [0.15, 0.2) is 11.4 Å². The van der Waals surface area contributed by atoms with Crippen LogP contribution in [0.15, 0.2) is 78.0 Å². The normalized spacial score (nSPS) is 21.7. The Hall–Kier alpha value is -6.18. The van der Waals surface area contributed by atoms with Crippen molar-refractivity contribution in [1.82, 2.24) is 19.6 Å². The van der Waals surface area contributed by atoms with Crippen LogP contribution in [0, 0.1) is 38.2 Å². The van der Waals surface area contributed by atoms with Crippen LogP contribution in [0.5, 0.6) is 17.2 Å². The van der Waals surface area contributed by atoms with E-state index >= 15 is 0 Å². The Morgan fingerprint density at radius 3 is 2.53 bits per heavy atom. The number of aromatic nitrogens is 2. The second-order valence-electron chi connectivity index (χ2n) is 21.0. The Bertz CT molecular complexity index is 2920. The van der Waals surface area contributed by atoms with Crippen LogP contribution in [0.25, 0.3) is 11.0 Å². The lowest BCUT2D eigenvalue weighted by Gasteiger charge is -2.56. The number of hydrogen-bond acceptors (Lipinski definition) is 12. The molecule has 2 aromatic heterocycles. The second kappa shape index (κ2) is 17.7. The van der Waals surface area contributed by atoms with Gasteiger partial charge < -0.3 is 24.7 Å². The van der Waals surface area contributed by atoms with Gasteiger partial charge in [-0.3, -0.25) is 19.8 Å². The van der Waals surface area contributed by atoms with Crippen molar-refractivity contribution < 1.29 is 27.6 Å². The fourth-order valence-corrected chi connectivity index (χ4v) is 12.8. The molecule has 1 spiro atoms. The Balaban J connectivity index is 0.870. The van der Waals surface area contributed by atoms with Gasteiger partial charge in [-0.05, 0) is 123 Å². The predicted octanol–water partition coefficient (Wildman–Crippen LogP) is 10.4. The molecular weight excluding hydrogens is 881 g/mol. The number of nitriles is 1. The highest BCUT2D eigenvalue weighted by Gasteiger charge is 2.50. The molecule has 15 nitrogen and oxygen atoms in total. The number of carbonyl (C=O) groups is 1. The van der Waals surface area contributed by atoms with Crippen LogP contribution in [0.2, 0.25) is 0 Å². The number of carbonyl (C=O) groups excluding carboxylic acids is 1. The number of ether oxygens (including phenoxy) is 2. The number of likely N-dealkylation sites (tertiary alicyclic amines) is 1. The van der Waals surface area contributed by atoms with E-state index in [4.69, 9.17) is 9.47 Å². The summed E-state index contributed by atoms with van der Waals surface area (Å²) in [5.74, 6) is 0.0966. The van der Waals surface area contributed by atoms with Gasteiger partial charge in [0.25, 0.3) is 21.6 Å². The maximum atomic E-state index is 14.2. The highest BCUT2D eigenvalue weighted by molar-refractivity contribution is 7.90. The van der Waals surface area contributed by atoms with Crippen LogP contribution in [0.4, 0.5) is 17.1 Å². The number of benzene rings is 3. The van der Waals surface area contributed by atoms with Gasteiger partial charge >= 0.3 is 0 Å². The van der Waals surface area contributed by atoms with E-state index in [9.17, 15) is 28.6 Å². The van der Waals surface area contributed by atoms with Gasteiger partial charge in [-0.15, -0.1) is 0 Å². The van der Waals surface area contributed by atoms with Crippen LogP contribution in [-0.4, -0.2) is 72.4 Å². The fourth-order valence-electron chi connectivity index (χ4n) is 11.8. The fraction of sp³-hybridized carbons (Fsp3) is 0.481. The Morgan fingerprint density at radius 2 is 1.79 bits per heavy atom. The van der Waals surface area contributed by atoms with Crippen molar-refractivity contribution >= 4 is 44.0 Å². The molecule has 3 aromatic carbocycles. The van der Waals surface area contributed by atoms with Gasteiger partial charge in [0.1, 0.15) is 29.8 Å². The number of fused-ring (bicyclic) bond motifs is 2. The maximum Gasteiger partial charge on any atom is 0.297 e. The first-order valence-electron chi connectivity index (χ1n) is 24.2. The zero-order valence-electron chi connectivity index (χ0n) is 39.2. The smallest absolute Gasteiger partial charge is 0.297 e. The SMILES string of the molecule is CC(C)c1ccccc1[C@@H]1CCCN1C1CC2(CCN(c3ccc(C(=O)NS(=O)(=O)c4cc5c(c([N+](=O)[O-])c4)N[C@@H](C4CCC(C)(C)CC4)CO5)c(Oc4cnc5[nH]cc(C#N)c5c4)c3)CC2)C1. The molecule has 5 heterocycles. The molecule has 0 bridgehead atoms. The number of rotatable bonds is 11. The molecule has 68 heavy (non-hydrogen) atoms. The highest BCUT2D eigenvalue weighted by Crippen LogP contribution is 2.54. The molecule has 2 atom stereocenters. The van der Waals surface area contributed by atoms with Crippen LogP contribution in [0.1, 0.15) is 131 Å². The summed E-state index contributed by atoms with van der Waals surface area (Å²) in [6.07, 6.45) is 13.8. The van der Waals surface area contributed by atoms with Gasteiger partial charge in [-0.2, -0.15) is 5.26 Å². The number of nitro benzene ring substituents is 1. The van der Waals surface area contributed by atoms with Crippen molar-refractivity contribution in [3.05, 3.63) is 105 Å². The van der Waals surface area contributed by atoms with E-state index in [0.29, 0.717) is 34.6 Å². The van der Waals surface area contributed by atoms with Crippen LogP contribution in [0.3, 0.4) is 0 Å². The Kier molecular flexibility index (Phi) is 11.9. The number of hydrogen-bond donors (Lipinski definition) is 3.